The van der Waals surface area contributed by atoms with Crippen molar-refractivity contribution in [2.45, 2.75) is 26.4 Å². The van der Waals surface area contributed by atoms with Gasteiger partial charge in [0.05, 0.1) is 13.2 Å². The summed E-state index contributed by atoms with van der Waals surface area (Å²) in [6.07, 6.45) is 1.29. The number of hydrogen-bond donors (Lipinski definition) is 1. The highest BCUT2D eigenvalue weighted by atomic mass is 16.5. The molecule has 1 aromatic rings. The van der Waals surface area contributed by atoms with Gasteiger partial charge in [-0.05, 0) is 57.0 Å². The van der Waals surface area contributed by atoms with Crippen molar-refractivity contribution in [3.8, 4) is 11.5 Å². The Bertz CT molecular complexity index is 372. The average molecular weight is 235 g/mol. The minimum atomic E-state index is 0.172. The summed E-state index contributed by atoms with van der Waals surface area (Å²) < 4.78 is 11.1. The summed E-state index contributed by atoms with van der Waals surface area (Å²) in [6, 6.07) is 6.24. The predicted octanol–water partition coefficient (Wildman–Crippen LogP) is 2.24. The van der Waals surface area contributed by atoms with E-state index in [-0.39, 0.29) is 6.10 Å². The maximum Gasteiger partial charge on any atom is 0.161 e. The molecule has 0 unspecified atom stereocenters. The Morgan fingerprint density at radius 3 is 2.59 bits per heavy atom. The van der Waals surface area contributed by atoms with E-state index in [1.54, 1.807) is 7.11 Å². The SMILES string of the molecule is COc1cc(CC2CNC2)ccc1OC(C)C. The smallest absolute Gasteiger partial charge is 0.161 e. The van der Waals surface area contributed by atoms with E-state index >= 15 is 0 Å². The van der Waals surface area contributed by atoms with Gasteiger partial charge in [0.25, 0.3) is 0 Å². The second-order valence-corrected chi connectivity index (χ2v) is 4.88. The van der Waals surface area contributed by atoms with Crippen molar-refractivity contribution in [2.75, 3.05) is 20.2 Å². The lowest BCUT2D eigenvalue weighted by Gasteiger charge is -2.27. The second kappa shape index (κ2) is 5.41. The molecule has 17 heavy (non-hydrogen) atoms. The second-order valence-electron chi connectivity index (χ2n) is 4.88. The summed E-state index contributed by atoms with van der Waals surface area (Å²) in [6.45, 7) is 6.31. The Morgan fingerprint density at radius 1 is 1.29 bits per heavy atom. The summed E-state index contributed by atoms with van der Waals surface area (Å²) in [5.41, 5.74) is 1.32. The van der Waals surface area contributed by atoms with Crippen molar-refractivity contribution in [3.63, 3.8) is 0 Å². The standard InChI is InChI=1S/C14H21NO2/c1-10(2)17-13-5-4-11(7-14(13)16-3)6-12-8-15-9-12/h4-5,7,10,12,15H,6,8-9H2,1-3H3. The van der Waals surface area contributed by atoms with E-state index in [0.717, 1.165) is 36.9 Å². The van der Waals surface area contributed by atoms with Crippen molar-refractivity contribution in [1.82, 2.24) is 5.32 Å². The molecular formula is C14H21NO2. The average Bonchev–Trinajstić information content (AvgIpc) is 2.24. The van der Waals surface area contributed by atoms with E-state index in [0.29, 0.717) is 0 Å². The van der Waals surface area contributed by atoms with Crippen LogP contribution in [0.5, 0.6) is 11.5 Å². The molecule has 1 heterocycles. The molecule has 1 aliphatic rings. The van der Waals surface area contributed by atoms with Crippen LogP contribution in [0.2, 0.25) is 0 Å². The highest BCUT2D eigenvalue weighted by molar-refractivity contribution is 5.43. The van der Waals surface area contributed by atoms with E-state index in [1.807, 2.05) is 19.9 Å². The fourth-order valence-corrected chi connectivity index (χ4v) is 2.02. The molecule has 0 amide bonds. The normalized spacial score (nSPS) is 15.8. The van der Waals surface area contributed by atoms with Gasteiger partial charge in [-0.25, -0.2) is 0 Å². The maximum atomic E-state index is 5.70. The number of ether oxygens (including phenoxy) is 2. The lowest BCUT2D eigenvalue weighted by atomic mass is 9.94. The molecule has 2 rings (SSSR count). The highest BCUT2D eigenvalue weighted by Gasteiger charge is 2.17. The van der Waals surface area contributed by atoms with Crippen LogP contribution in [0.15, 0.2) is 18.2 Å². The van der Waals surface area contributed by atoms with Gasteiger partial charge in [0, 0.05) is 0 Å². The van der Waals surface area contributed by atoms with Gasteiger partial charge >= 0.3 is 0 Å². The van der Waals surface area contributed by atoms with Crippen LogP contribution in [-0.2, 0) is 6.42 Å². The first-order chi connectivity index (χ1) is 8.19. The van der Waals surface area contributed by atoms with Crippen LogP contribution in [0.1, 0.15) is 19.4 Å². The first-order valence-corrected chi connectivity index (χ1v) is 6.23. The number of nitrogens with one attached hydrogen (secondary N) is 1. The first-order valence-electron chi connectivity index (χ1n) is 6.23. The molecule has 3 heteroatoms. The van der Waals surface area contributed by atoms with Gasteiger partial charge in [0.15, 0.2) is 11.5 Å². The molecule has 0 saturated carbocycles. The molecule has 0 spiro atoms. The molecule has 1 N–H and O–H groups in total. The van der Waals surface area contributed by atoms with Crippen molar-refractivity contribution in [2.24, 2.45) is 5.92 Å². The molecule has 0 aliphatic carbocycles. The van der Waals surface area contributed by atoms with E-state index < -0.39 is 0 Å². The quantitative estimate of drug-likeness (QED) is 0.849. The van der Waals surface area contributed by atoms with Gasteiger partial charge < -0.3 is 14.8 Å². The fourth-order valence-electron chi connectivity index (χ4n) is 2.02. The summed E-state index contributed by atoms with van der Waals surface area (Å²) in [4.78, 5) is 0. The molecule has 1 aromatic carbocycles. The Hall–Kier alpha value is -1.22. The van der Waals surface area contributed by atoms with Gasteiger partial charge in [-0.3, -0.25) is 0 Å². The van der Waals surface area contributed by atoms with E-state index in [9.17, 15) is 0 Å². The fraction of sp³-hybridized carbons (Fsp3) is 0.571. The number of benzene rings is 1. The van der Waals surface area contributed by atoms with Crippen molar-refractivity contribution in [1.29, 1.82) is 0 Å². The van der Waals surface area contributed by atoms with E-state index in [4.69, 9.17) is 9.47 Å². The Morgan fingerprint density at radius 2 is 2.06 bits per heavy atom. The predicted molar refractivity (Wildman–Crippen MR) is 68.8 cm³/mol. The van der Waals surface area contributed by atoms with E-state index in [2.05, 4.69) is 17.4 Å². The molecule has 0 radical (unpaired) electrons. The summed E-state index contributed by atoms with van der Waals surface area (Å²) >= 11 is 0. The third-order valence-corrected chi connectivity index (χ3v) is 2.98. The summed E-state index contributed by atoms with van der Waals surface area (Å²) in [5.74, 6) is 2.44. The highest BCUT2D eigenvalue weighted by Crippen LogP contribution is 2.30. The van der Waals surface area contributed by atoms with Crippen LogP contribution in [0, 0.1) is 5.92 Å². The molecule has 0 bridgehead atoms. The first kappa shape index (κ1) is 12.2. The zero-order chi connectivity index (χ0) is 12.3. The van der Waals surface area contributed by atoms with Crippen molar-refractivity contribution in [3.05, 3.63) is 23.8 Å². The van der Waals surface area contributed by atoms with Gasteiger partial charge in [0.1, 0.15) is 0 Å². The monoisotopic (exact) mass is 235 g/mol. The van der Waals surface area contributed by atoms with Crippen LogP contribution < -0.4 is 14.8 Å². The molecule has 3 nitrogen and oxygen atoms in total. The van der Waals surface area contributed by atoms with Crippen LogP contribution in [0.4, 0.5) is 0 Å². The molecular weight excluding hydrogens is 214 g/mol. The minimum Gasteiger partial charge on any atom is -0.493 e. The molecule has 0 aromatic heterocycles. The summed E-state index contributed by atoms with van der Waals surface area (Å²) in [5, 5.41) is 3.29. The topological polar surface area (TPSA) is 30.5 Å². The van der Waals surface area contributed by atoms with Gasteiger partial charge in [-0.15, -0.1) is 0 Å². The maximum absolute atomic E-state index is 5.70. The molecule has 0 atom stereocenters. The molecule has 1 fully saturated rings. The van der Waals surface area contributed by atoms with Crippen LogP contribution >= 0.6 is 0 Å². The molecule has 1 aliphatic heterocycles. The number of rotatable bonds is 5. The molecule has 94 valence electrons. The van der Waals surface area contributed by atoms with Crippen LogP contribution in [0.3, 0.4) is 0 Å². The Balaban J connectivity index is 2.08. The lowest BCUT2D eigenvalue weighted by molar-refractivity contribution is 0.230. The van der Waals surface area contributed by atoms with Gasteiger partial charge in [-0.2, -0.15) is 0 Å². The zero-order valence-electron chi connectivity index (χ0n) is 10.8. The Labute approximate surface area is 103 Å². The Kier molecular flexibility index (Phi) is 3.89. The third kappa shape index (κ3) is 3.13. The minimum absolute atomic E-state index is 0.172. The van der Waals surface area contributed by atoms with Crippen molar-refractivity contribution < 1.29 is 9.47 Å². The summed E-state index contributed by atoms with van der Waals surface area (Å²) in [7, 11) is 1.69. The number of methoxy groups -OCH3 is 1. The van der Waals surface area contributed by atoms with Crippen LogP contribution in [-0.4, -0.2) is 26.3 Å². The van der Waals surface area contributed by atoms with Crippen molar-refractivity contribution >= 4 is 0 Å². The van der Waals surface area contributed by atoms with E-state index in [1.165, 1.54) is 5.56 Å². The number of hydrogen-bond acceptors (Lipinski definition) is 3. The van der Waals surface area contributed by atoms with Crippen LogP contribution in [0.25, 0.3) is 0 Å². The molecule has 1 saturated heterocycles. The zero-order valence-corrected chi connectivity index (χ0v) is 10.8. The largest absolute Gasteiger partial charge is 0.493 e. The van der Waals surface area contributed by atoms with Gasteiger partial charge in [-0.1, -0.05) is 6.07 Å². The van der Waals surface area contributed by atoms with Gasteiger partial charge in [0.2, 0.25) is 0 Å². The lowest BCUT2D eigenvalue weighted by Crippen LogP contribution is -2.43. The third-order valence-electron chi connectivity index (χ3n) is 2.98.